The summed E-state index contributed by atoms with van der Waals surface area (Å²) >= 11 is 0. The van der Waals surface area contributed by atoms with Gasteiger partial charge in [-0.2, -0.15) is 0 Å². The smallest absolute Gasteiger partial charge is 0.246 e. The number of amides is 1. The Labute approximate surface area is 184 Å². The second-order valence-electron chi connectivity index (χ2n) is 7.84. The van der Waals surface area contributed by atoms with Gasteiger partial charge in [0.25, 0.3) is 0 Å². The van der Waals surface area contributed by atoms with Crippen molar-refractivity contribution in [1.82, 2.24) is 4.90 Å². The number of nitrogens with zero attached hydrogens (tertiary/aromatic N) is 1. The molecule has 2 aromatic carbocycles. The first kappa shape index (κ1) is 22.8. The Morgan fingerprint density at radius 2 is 1.81 bits per heavy atom. The van der Waals surface area contributed by atoms with Crippen molar-refractivity contribution < 1.29 is 17.6 Å². The van der Waals surface area contributed by atoms with Gasteiger partial charge in [-0.15, -0.1) is 0 Å². The van der Waals surface area contributed by atoms with Crippen molar-refractivity contribution in [3.8, 4) is 0 Å². The zero-order valence-electron chi connectivity index (χ0n) is 18.5. The highest BCUT2D eigenvalue weighted by molar-refractivity contribution is 7.90. The molecule has 0 aliphatic heterocycles. The van der Waals surface area contributed by atoms with E-state index < -0.39 is 9.84 Å². The average molecular weight is 440 g/mol. The van der Waals surface area contributed by atoms with Crippen LogP contribution in [0.15, 0.2) is 63.9 Å². The van der Waals surface area contributed by atoms with Gasteiger partial charge in [-0.05, 0) is 43.2 Å². The number of rotatable bonds is 8. The number of benzene rings is 2. The van der Waals surface area contributed by atoms with Crippen LogP contribution in [-0.2, 0) is 21.1 Å². The molecule has 0 bridgehead atoms. The van der Waals surface area contributed by atoms with Crippen molar-refractivity contribution in [3.63, 3.8) is 0 Å². The number of fused-ring (bicyclic) bond motifs is 1. The van der Waals surface area contributed by atoms with E-state index in [4.69, 9.17) is 4.42 Å². The van der Waals surface area contributed by atoms with Crippen LogP contribution < -0.4 is 0 Å². The Bertz CT molecular complexity index is 1190. The van der Waals surface area contributed by atoms with E-state index in [0.29, 0.717) is 0 Å². The fourth-order valence-corrected chi connectivity index (χ4v) is 4.13. The fraction of sp³-hybridized carbons (Fsp3) is 0.320. The number of carbonyl (C=O) groups is 1. The Morgan fingerprint density at radius 1 is 1.13 bits per heavy atom. The van der Waals surface area contributed by atoms with Gasteiger partial charge in [0.2, 0.25) is 5.91 Å². The Morgan fingerprint density at radius 3 is 2.45 bits per heavy atom. The minimum Gasteiger partial charge on any atom is -0.460 e. The third-order valence-corrected chi connectivity index (χ3v) is 6.71. The third kappa shape index (κ3) is 5.25. The number of aryl methyl sites for hydroxylation is 1. The zero-order valence-corrected chi connectivity index (χ0v) is 19.3. The van der Waals surface area contributed by atoms with Gasteiger partial charge in [0.1, 0.15) is 11.3 Å². The van der Waals surface area contributed by atoms with Gasteiger partial charge in [-0.3, -0.25) is 4.79 Å². The minimum atomic E-state index is -3.25. The zero-order chi connectivity index (χ0) is 22.6. The van der Waals surface area contributed by atoms with Crippen molar-refractivity contribution in [2.45, 2.75) is 44.0 Å². The van der Waals surface area contributed by atoms with Crippen LogP contribution in [0.2, 0.25) is 0 Å². The van der Waals surface area contributed by atoms with Crippen LogP contribution in [0.25, 0.3) is 17.0 Å². The van der Waals surface area contributed by atoms with E-state index in [9.17, 15) is 13.2 Å². The van der Waals surface area contributed by atoms with E-state index >= 15 is 0 Å². The number of carbonyl (C=O) groups excluding carboxylic acids is 1. The molecule has 1 aromatic heterocycles. The second kappa shape index (κ2) is 9.52. The summed E-state index contributed by atoms with van der Waals surface area (Å²) in [5, 5.41) is 1.00. The molecule has 1 amide bonds. The summed E-state index contributed by atoms with van der Waals surface area (Å²) < 4.78 is 29.3. The van der Waals surface area contributed by atoms with Crippen LogP contribution >= 0.6 is 0 Å². The number of para-hydroxylation sites is 1. The van der Waals surface area contributed by atoms with E-state index in [1.165, 1.54) is 6.26 Å². The van der Waals surface area contributed by atoms with Crippen molar-refractivity contribution in [1.29, 1.82) is 0 Å². The lowest BCUT2D eigenvalue weighted by Gasteiger charge is -2.24. The highest BCUT2D eigenvalue weighted by Gasteiger charge is 2.17. The van der Waals surface area contributed by atoms with Crippen molar-refractivity contribution in [3.05, 3.63) is 71.5 Å². The topological polar surface area (TPSA) is 67.6 Å². The molecule has 0 saturated heterocycles. The van der Waals surface area contributed by atoms with E-state index in [1.807, 2.05) is 37.3 Å². The Balaban J connectivity index is 1.80. The predicted molar refractivity (Wildman–Crippen MR) is 125 cm³/mol. The molecule has 0 aliphatic rings. The van der Waals surface area contributed by atoms with E-state index in [1.54, 1.807) is 42.3 Å². The summed E-state index contributed by atoms with van der Waals surface area (Å²) in [6.07, 6.45) is 7.52. The normalized spacial score (nSPS) is 13.0. The van der Waals surface area contributed by atoms with Crippen LogP contribution in [0.1, 0.15) is 49.6 Å². The fourth-order valence-electron chi connectivity index (χ4n) is 3.50. The molecule has 0 spiro atoms. The first-order valence-corrected chi connectivity index (χ1v) is 12.4. The molecule has 0 fully saturated rings. The Hall–Kier alpha value is -2.86. The van der Waals surface area contributed by atoms with Gasteiger partial charge in [-0.1, -0.05) is 43.7 Å². The molecule has 5 nitrogen and oxygen atoms in total. The van der Waals surface area contributed by atoms with Gasteiger partial charge in [0.15, 0.2) is 9.84 Å². The highest BCUT2D eigenvalue weighted by atomic mass is 32.2. The quantitative estimate of drug-likeness (QED) is 0.440. The molecule has 6 heteroatoms. The lowest BCUT2D eigenvalue weighted by atomic mass is 10.1. The summed E-state index contributed by atoms with van der Waals surface area (Å²) in [5.41, 5.74) is 2.65. The van der Waals surface area contributed by atoms with Crippen molar-refractivity contribution in [2.75, 3.05) is 13.3 Å². The molecule has 1 atom stereocenters. The lowest BCUT2D eigenvalue weighted by Crippen LogP contribution is -2.28. The van der Waals surface area contributed by atoms with Crippen molar-refractivity contribution >= 4 is 32.8 Å². The Kier molecular flexibility index (Phi) is 7.01. The third-order valence-electron chi connectivity index (χ3n) is 5.58. The monoisotopic (exact) mass is 439 g/mol. The average Bonchev–Trinajstić information content (AvgIpc) is 3.11. The molecule has 3 aromatic rings. The number of furan rings is 1. The van der Waals surface area contributed by atoms with Gasteiger partial charge in [-0.25, -0.2) is 8.42 Å². The number of hydrogen-bond donors (Lipinski definition) is 0. The molecule has 0 aliphatic carbocycles. The van der Waals surface area contributed by atoms with Gasteiger partial charge in [0.05, 0.1) is 10.9 Å². The molecule has 3 rings (SSSR count). The SMILES string of the molecule is CCCCc1oc2ccccc2c1/C=C/C(=O)N(C)C(C)c1ccc(S(C)(=O)=O)cc1. The molecule has 1 unspecified atom stereocenters. The number of likely N-dealkylation sites (N-methyl/N-ethyl adjacent to an activating group) is 1. The first-order chi connectivity index (χ1) is 14.7. The van der Waals surface area contributed by atoms with Crippen molar-refractivity contribution in [2.24, 2.45) is 0 Å². The van der Waals surface area contributed by atoms with Crippen LogP contribution in [0, 0.1) is 0 Å². The number of hydrogen-bond acceptors (Lipinski definition) is 4. The van der Waals surface area contributed by atoms with Crippen LogP contribution in [-0.4, -0.2) is 32.5 Å². The van der Waals surface area contributed by atoms with Crippen LogP contribution in [0.4, 0.5) is 0 Å². The molecular formula is C25H29NO4S. The van der Waals surface area contributed by atoms with Crippen LogP contribution in [0.5, 0.6) is 0 Å². The standard InChI is InChI=1S/C25H29NO4S/c1-5-6-10-23-22(21-9-7-8-11-24(21)30-23)16-17-25(27)26(3)18(2)19-12-14-20(15-13-19)31(4,28)29/h7-9,11-18H,5-6,10H2,1-4H3/b17-16+. The minimum absolute atomic E-state index is 0.133. The summed E-state index contributed by atoms with van der Waals surface area (Å²) in [5.74, 6) is 0.769. The molecular weight excluding hydrogens is 410 g/mol. The lowest BCUT2D eigenvalue weighted by molar-refractivity contribution is -0.126. The molecule has 1 heterocycles. The number of unbranched alkanes of at least 4 members (excludes halogenated alkanes) is 1. The largest absolute Gasteiger partial charge is 0.460 e. The first-order valence-electron chi connectivity index (χ1n) is 10.5. The summed E-state index contributed by atoms with van der Waals surface area (Å²) in [6, 6.07) is 14.3. The molecule has 0 N–H and O–H groups in total. The second-order valence-corrected chi connectivity index (χ2v) is 9.85. The number of sulfone groups is 1. The molecule has 164 valence electrons. The maximum Gasteiger partial charge on any atom is 0.246 e. The summed E-state index contributed by atoms with van der Waals surface area (Å²) in [6.45, 7) is 4.06. The predicted octanol–water partition coefficient (Wildman–Crippen LogP) is 5.41. The van der Waals surface area contributed by atoms with Crippen LogP contribution in [0.3, 0.4) is 0 Å². The van der Waals surface area contributed by atoms with Gasteiger partial charge < -0.3 is 9.32 Å². The molecule has 0 radical (unpaired) electrons. The maximum absolute atomic E-state index is 12.9. The molecule has 31 heavy (non-hydrogen) atoms. The molecule has 0 saturated carbocycles. The summed E-state index contributed by atoms with van der Waals surface area (Å²) in [7, 11) is -1.50. The highest BCUT2D eigenvalue weighted by Crippen LogP contribution is 2.29. The van der Waals surface area contributed by atoms with E-state index in [-0.39, 0.29) is 16.8 Å². The van der Waals surface area contributed by atoms with Gasteiger partial charge in [0, 0.05) is 36.7 Å². The van der Waals surface area contributed by atoms with E-state index in [0.717, 1.165) is 47.1 Å². The maximum atomic E-state index is 12.9. The summed E-state index contributed by atoms with van der Waals surface area (Å²) in [4.78, 5) is 14.8. The van der Waals surface area contributed by atoms with Gasteiger partial charge >= 0.3 is 0 Å². The van der Waals surface area contributed by atoms with E-state index in [2.05, 4.69) is 6.92 Å².